The molecule has 0 unspecified atom stereocenters. The first-order valence-electron chi connectivity index (χ1n) is 5.70. The third-order valence-electron chi connectivity index (χ3n) is 2.59. The third kappa shape index (κ3) is 3.00. The number of benzene rings is 1. The summed E-state index contributed by atoms with van der Waals surface area (Å²) < 4.78 is 10.5. The van der Waals surface area contributed by atoms with Crippen LogP contribution >= 0.6 is 22.9 Å². The zero-order valence-corrected chi connectivity index (χ0v) is 12.6. The largest absolute Gasteiger partial charge is 0.493 e. The number of hydrogen-bond donors (Lipinski definition) is 1. The average Bonchev–Trinajstić information content (AvgIpc) is 2.86. The third-order valence-corrected chi connectivity index (χ3v) is 3.81. The Kier molecular flexibility index (Phi) is 4.63. The quantitative estimate of drug-likeness (QED) is 0.920. The minimum Gasteiger partial charge on any atom is -0.493 e. The predicted octanol–water partition coefficient (Wildman–Crippen LogP) is 3.20. The Morgan fingerprint density at radius 1 is 1.32 bits per heavy atom. The van der Waals surface area contributed by atoms with Gasteiger partial charge in [0.1, 0.15) is 5.01 Å². The Bertz CT molecular complexity index is 572. The van der Waals surface area contributed by atoms with Gasteiger partial charge in [-0.15, -0.1) is 11.3 Å². The van der Waals surface area contributed by atoms with Crippen LogP contribution in [-0.4, -0.2) is 26.3 Å². The van der Waals surface area contributed by atoms with E-state index in [1.165, 1.54) is 0 Å². The molecule has 6 heteroatoms. The van der Waals surface area contributed by atoms with Crippen LogP contribution in [0.15, 0.2) is 17.5 Å². The van der Waals surface area contributed by atoms with Crippen molar-refractivity contribution in [3.8, 4) is 22.1 Å². The van der Waals surface area contributed by atoms with Crippen LogP contribution in [0.2, 0.25) is 5.02 Å². The van der Waals surface area contributed by atoms with Crippen LogP contribution in [0.1, 0.15) is 5.69 Å². The van der Waals surface area contributed by atoms with Crippen molar-refractivity contribution in [2.75, 3.05) is 21.3 Å². The van der Waals surface area contributed by atoms with Crippen molar-refractivity contribution >= 4 is 22.9 Å². The van der Waals surface area contributed by atoms with Gasteiger partial charge in [-0.3, -0.25) is 0 Å². The van der Waals surface area contributed by atoms with Gasteiger partial charge in [-0.1, -0.05) is 11.6 Å². The van der Waals surface area contributed by atoms with Crippen molar-refractivity contribution in [1.29, 1.82) is 0 Å². The molecule has 1 aromatic carbocycles. The van der Waals surface area contributed by atoms with Gasteiger partial charge in [0, 0.05) is 17.5 Å². The van der Waals surface area contributed by atoms with E-state index < -0.39 is 0 Å². The summed E-state index contributed by atoms with van der Waals surface area (Å²) in [6.07, 6.45) is 0. The lowest BCUT2D eigenvalue weighted by Crippen LogP contribution is -2.04. The van der Waals surface area contributed by atoms with Crippen LogP contribution < -0.4 is 14.8 Å². The Morgan fingerprint density at radius 3 is 2.74 bits per heavy atom. The van der Waals surface area contributed by atoms with E-state index in [2.05, 4.69) is 10.3 Å². The van der Waals surface area contributed by atoms with E-state index in [0.29, 0.717) is 16.5 Å². The summed E-state index contributed by atoms with van der Waals surface area (Å²) in [5.41, 5.74) is 1.93. The number of rotatable bonds is 5. The molecule has 0 radical (unpaired) electrons. The number of ether oxygens (including phenoxy) is 2. The van der Waals surface area contributed by atoms with Crippen molar-refractivity contribution in [2.45, 2.75) is 6.54 Å². The molecule has 19 heavy (non-hydrogen) atoms. The van der Waals surface area contributed by atoms with Crippen LogP contribution in [0.4, 0.5) is 0 Å². The number of methoxy groups -OCH3 is 2. The smallest absolute Gasteiger partial charge is 0.179 e. The van der Waals surface area contributed by atoms with Crippen LogP contribution in [-0.2, 0) is 6.54 Å². The standard InChI is InChI=1S/C13H15ClN2O2S/c1-15-6-9-7-19-13(16-9)8-4-10(14)12(18-3)11(5-8)17-2/h4-5,7,15H,6H2,1-3H3. The topological polar surface area (TPSA) is 43.4 Å². The van der Waals surface area contributed by atoms with Gasteiger partial charge in [0.2, 0.25) is 0 Å². The first kappa shape index (κ1) is 14.1. The molecule has 1 N–H and O–H groups in total. The zero-order chi connectivity index (χ0) is 13.8. The highest BCUT2D eigenvalue weighted by atomic mass is 35.5. The summed E-state index contributed by atoms with van der Waals surface area (Å²) in [5, 5.41) is 6.52. The van der Waals surface area contributed by atoms with Crippen LogP contribution in [0.5, 0.6) is 11.5 Å². The molecule has 2 rings (SSSR count). The summed E-state index contributed by atoms with van der Waals surface area (Å²) in [6.45, 7) is 0.748. The molecule has 0 aliphatic rings. The number of halogens is 1. The van der Waals surface area contributed by atoms with Gasteiger partial charge >= 0.3 is 0 Å². The number of hydrogen-bond acceptors (Lipinski definition) is 5. The maximum absolute atomic E-state index is 6.19. The van der Waals surface area contributed by atoms with E-state index in [9.17, 15) is 0 Å². The Hall–Kier alpha value is -1.30. The molecule has 0 aliphatic carbocycles. The van der Waals surface area contributed by atoms with Gasteiger partial charge < -0.3 is 14.8 Å². The van der Waals surface area contributed by atoms with Crippen molar-refractivity contribution in [3.63, 3.8) is 0 Å². The Labute approximate surface area is 121 Å². The molecule has 0 bridgehead atoms. The molecule has 1 heterocycles. The maximum Gasteiger partial charge on any atom is 0.179 e. The van der Waals surface area contributed by atoms with Gasteiger partial charge in [0.05, 0.1) is 24.9 Å². The fourth-order valence-electron chi connectivity index (χ4n) is 1.74. The second-order valence-corrected chi connectivity index (χ2v) is 5.13. The zero-order valence-electron chi connectivity index (χ0n) is 11.0. The summed E-state index contributed by atoms with van der Waals surface area (Å²) in [7, 11) is 5.05. The van der Waals surface area contributed by atoms with Gasteiger partial charge in [-0.25, -0.2) is 4.98 Å². The highest BCUT2D eigenvalue weighted by Crippen LogP contribution is 2.39. The van der Waals surface area contributed by atoms with Crippen LogP contribution in [0.3, 0.4) is 0 Å². The molecular weight excluding hydrogens is 284 g/mol. The molecular formula is C13H15ClN2O2S. The monoisotopic (exact) mass is 298 g/mol. The molecule has 2 aromatic rings. The first-order chi connectivity index (χ1) is 9.19. The first-order valence-corrected chi connectivity index (χ1v) is 6.96. The molecule has 0 atom stereocenters. The summed E-state index contributed by atoms with van der Waals surface area (Å²) in [4.78, 5) is 4.54. The SMILES string of the molecule is CNCc1csc(-c2cc(Cl)c(OC)c(OC)c2)n1. The molecule has 1 aromatic heterocycles. The lowest BCUT2D eigenvalue weighted by atomic mass is 10.2. The van der Waals surface area contributed by atoms with Crippen molar-refractivity contribution < 1.29 is 9.47 Å². The lowest BCUT2D eigenvalue weighted by molar-refractivity contribution is 0.355. The van der Waals surface area contributed by atoms with Gasteiger partial charge in [-0.2, -0.15) is 0 Å². The molecule has 0 saturated carbocycles. The maximum atomic E-state index is 6.19. The summed E-state index contributed by atoms with van der Waals surface area (Å²) in [5.74, 6) is 1.15. The number of nitrogens with zero attached hydrogens (tertiary/aromatic N) is 1. The fourth-order valence-corrected chi connectivity index (χ4v) is 2.84. The number of nitrogens with one attached hydrogen (secondary N) is 1. The molecule has 0 saturated heterocycles. The van der Waals surface area contributed by atoms with E-state index in [1.54, 1.807) is 25.6 Å². The van der Waals surface area contributed by atoms with Crippen molar-refractivity contribution in [1.82, 2.24) is 10.3 Å². The fraction of sp³-hybridized carbons (Fsp3) is 0.308. The van der Waals surface area contributed by atoms with E-state index >= 15 is 0 Å². The van der Waals surface area contributed by atoms with E-state index in [0.717, 1.165) is 22.8 Å². The van der Waals surface area contributed by atoms with Crippen molar-refractivity contribution in [2.24, 2.45) is 0 Å². The van der Waals surface area contributed by atoms with Gasteiger partial charge in [-0.05, 0) is 19.2 Å². The number of thiazole rings is 1. The van der Waals surface area contributed by atoms with E-state index in [4.69, 9.17) is 21.1 Å². The molecule has 0 fully saturated rings. The minimum absolute atomic E-state index is 0.516. The highest BCUT2D eigenvalue weighted by Gasteiger charge is 2.13. The van der Waals surface area contributed by atoms with E-state index in [-0.39, 0.29) is 0 Å². The highest BCUT2D eigenvalue weighted by molar-refractivity contribution is 7.13. The molecule has 0 amide bonds. The van der Waals surface area contributed by atoms with Crippen molar-refractivity contribution in [3.05, 3.63) is 28.2 Å². The minimum atomic E-state index is 0.516. The Morgan fingerprint density at radius 2 is 2.11 bits per heavy atom. The number of aromatic nitrogens is 1. The molecule has 4 nitrogen and oxygen atoms in total. The van der Waals surface area contributed by atoms with Crippen LogP contribution in [0, 0.1) is 0 Å². The summed E-state index contributed by atoms with van der Waals surface area (Å²) in [6, 6.07) is 3.72. The molecule has 0 aliphatic heterocycles. The summed E-state index contributed by atoms with van der Waals surface area (Å²) >= 11 is 7.77. The second kappa shape index (κ2) is 6.23. The van der Waals surface area contributed by atoms with Gasteiger partial charge in [0.25, 0.3) is 0 Å². The van der Waals surface area contributed by atoms with E-state index in [1.807, 2.05) is 24.6 Å². The Balaban J connectivity index is 2.41. The molecule has 102 valence electrons. The molecule has 0 spiro atoms. The normalized spacial score (nSPS) is 10.5. The van der Waals surface area contributed by atoms with Gasteiger partial charge in [0.15, 0.2) is 11.5 Å². The predicted molar refractivity (Wildman–Crippen MR) is 78.4 cm³/mol. The average molecular weight is 299 g/mol. The second-order valence-electron chi connectivity index (χ2n) is 3.87. The lowest BCUT2D eigenvalue weighted by Gasteiger charge is -2.10. The van der Waals surface area contributed by atoms with Crippen LogP contribution in [0.25, 0.3) is 10.6 Å².